The molecule has 23 heavy (non-hydrogen) atoms. The number of ether oxygens (including phenoxy) is 2. The molecule has 7 heteroatoms. The second-order valence-corrected chi connectivity index (χ2v) is 5.99. The first-order chi connectivity index (χ1) is 11.1. The van der Waals surface area contributed by atoms with Gasteiger partial charge in [0.25, 0.3) is 5.69 Å². The van der Waals surface area contributed by atoms with Crippen molar-refractivity contribution in [1.82, 2.24) is 4.98 Å². The Morgan fingerprint density at radius 1 is 1.26 bits per heavy atom. The molecule has 0 unspecified atom stereocenters. The van der Waals surface area contributed by atoms with Gasteiger partial charge in [0.2, 0.25) is 0 Å². The van der Waals surface area contributed by atoms with Crippen LogP contribution in [-0.2, 0) is 4.74 Å². The van der Waals surface area contributed by atoms with Gasteiger partial charge in [0.05, 0.1) is 15.1 Å². The number of methoxy groups -OCH3 is 1. The van der Waals surface area contributed by atoms with E-state index in [1.165, 1.54) is 17.4 Å². The van der Waals surface area contributed by atoms with Crippen LogP contribution in [-0.4, -0.2) is 23.8 Å². The SMILES string of the molecule is COCOc1ccc2nc(-c3ccc([N+](=O)[O-])c(C)c3)sc2c1. The summed E-state index contributed by atoms with van der Waals surface area (Å²) in [6.07, 6.45) is 0. The number of nitrogens with zero attached hydrogens (tertiary/aromatic N) is 2. The monoisotopic (exact) mass is 330 g/mol. The van der Waals surface area contributed by atoms with Crippen LogP contribution in [0, 0.1) is 17.0 Å². The van der Waals surface area contributed by atoms with E-state index in [1.54, 1.807) is 26.2 Å². The molecule has 0 spiro atoms. The average Bonchev–Trinajstić information content (AvgIpc) is 2.95. The van der Waals surface area contributed by atoms with Crippen LogP contribution < -0.4 is 4.74 Å². The second kappa shape index (κ2) is 6.31. The van der Waals surface area contributed by atoms with Crippen molar-refractivity contribution >= 4 is 27.2 Å². The van der Waals surface area contributed by atoms with Crippen LogP contribution in [0.25, 0.3) is 20.8 Å². The molecular formula is C16H14N2O4S. The minimum Gasteiger partial charge on any atom is -0.468 e. The summed E-state index contributed by atoms with van der Waals surface area (Å²) in [6, 6.07) is 10.7. The third-order valence-electron chi connectivity index (χ3n) is 3.34. The molecular weight excluding hydrogens is 316 g/mol. The third-order valence-corrected chi connectivity index (χ3v) is 4.41. The zero-order chi connectivity index (χ0) is 16.4. The predicted molar refractivity (Wildman–Crippen MR) is 89.0 cm³/mol. The lowest BCUT2D eigenvalue weighted by molar-refractivity contribution is -0.385. The van der Waals surface area contributed by atoms with Crippen LogP contribution >= 0.6 is 11.3 Å². The van der Waals surface area contributed by atoms with Crippen molar-refractivity contribution in [2.75, 3.05) is 13.9 Å². The molecule has 3 rings (SSSR count). The molecule has 0 saturated carbocycles. The molecule has 1 aromatic heterocycles. The fourth-order valence-corrected chi connectivity index (χ4v) is 3.23. The van der Waals surface area contributed by atoms with Gasteiger partial charge in [-0.3, -0.25) is 10.1 Å². The Morgan fingerprint density at radius 3 is 2.78 bits per heavy atom. The number of aromatic nitrogens is 1. The molecule has 0 saturated heterocycles. The zero-order valence-electron chi connectivity index (χ0n) is 12.6. The van der Waals surface area contributed by atoms with Gasteiger partial charge in [-0.1, -0.05) is 0 Å². The van der Waals surface area contributed by atoms with Crippen molar-refractivity contribution in [3.8, 4) is 16.3 Å². The number of rotatable bonds is 5. The summed E-state index contributed by atoms with van der Waals surface area (Å²) in [7, 11) is 1.57. The van der Waals surface area contributed by atoms with Crippen LogP contribution in [0.1, 0.15) is 5.56 Å². The molecule has 0 fully saturated rings. The van der Waals surface area contributed by atoms with Crippen LogP contribution in [0.15, 0.2) is 36.4 Å². The number of benzene rings is 2. The van der Waals surface area contributed by atoms with Crippen LogP contribution in [0.2, 0.25) is 0 Å². The standard InChI is InChI=1S/C16H14N2O4S/c1-10-7-11(3-6-14(10)18(19)20)16-17-13-5-4-12(22-9-21-2)8-15(13)23-16/h3-8H,9H2,1-2H3. The number of fused-ring (bicyclic) bond motifs is 1. The second-order valence-electron chi connectivity index (χ2n) is 4.96. The van der Waals surface area contributed by atoms with Crippen LogP contribution in [0.3, 0.4) is 0 Å². The van der Waals surface area contributed by atoms with Crippen molar-refractivity contribution < 1.29 is 14.4 Å². The Morgan fingerprint density at radius 2 is 2.09 bits per heavy atom. The Hall–Kier alpha value is -2.51. The van der Waals surface area contributed by atoms with Gasteiger partial charge in [-0.05, 0) is 37.3 Å². The van der Waals surface area contributed by atoms with Gasteiger partial charge in [0, 0.05) is 24.3 Å². The quantitative estimate of drug-likeness (QED) is 0.399. The minimum atomic E-state index is -0.378. The van der Waals surface area contributed by atoms with E-state index in [2.05, 4.69) is 4.98 Å². The highest BCUT2D eigenvalue weighted by molar-refractivity contribution is 7.21. The molecule has 0 amide bonds. The normalized spacial score (nSPS) is 10.9. The highest BCUT2D eigenvalue weighted by atomic mass is 32.1. The molecule has 0 bridgehead atoms. The van der Waals surface area contributed by atoms with Crippen LogP contribution in [0.5, 0.6) is 5.75 Å². The van der Waals surface area contributed by atoms with Crippen molar-refractivity contribution in [1.29, 1.82) is 0 Å². The van der Waals surface area contributed by atoms with Gasteiger partial charge in [-0.2, -0.15) is 0 Å². The number of hydrogen-bond donors (Lipinski definition) is 0. The number of aryl methyl sites for hydroxylation is 1. The summed E-state index contributed by atoms with van der Waals surface area (Å²) >= 11 is 1.52. The maximum absolute atomic E-state index is 10.9. The zero-order valence-corrected chi connectivity index (χ0v) is 13.4. The summed E-state index contributed by atoms with van der Waals surface area (Å²) in [5, 5.41) is 11.7. The van der Waals surface area contributed by atoms with Crippen molar-refractivity contribution in [3.63, 3.8) is 0 Å². The van der Waals surface area contributed by atoms with Gasteiger partial charge in [-0.25, -0.2) is 4.98 Å². The van der Waals surface area contributed by atoms with Gasteiger partial charge in [0.1, 0.15) is 10.8 Å². The molecule has 2 aromatic carbocycles. The predicted octanol–water partition coefficient (Wildman–Crippen LogP) is 4.16. The van der Waals surface area contributed by atoms with E-state index in [0.717, 1.165) is 26.5 Å². The van der Waals surface area contributed by atoms with E-state index in [-0.39, 0.29) is 17.4 Å². The first kappa shape index (κ1) is 15.4. The molecule has 1 heterocycles. The van der Waals surface area contributed by atoms with Crippen molar-refractivity contribution in [3.05, 3.63) is 52.1 Å². The van der Waals surface area contributed by atoms with Gasteiger partial charge < -0.3 is 9.47 Å². The molecule has 0 aliphatic carbocycles. The van der Waals surface area contributed by atoms with E-state index >= 15 is 0 Å². The first-order valence-corrected chi connectivity index (χ1v) is 7.68. The maximum atomic E-state index is 10.9. The largest absolute Gasteiger partial charge is 0.468 e. The number of nitro groups is 1. The van der Waals surface area contributed by atoms with Gasteiger partial charge in [0.15, 0.2) is 6.79 Å². The molecule has 0 N–H and O–H groups in total. The first-order valence-electron chi connectivity index (χ1n) is 6.86. The summed E-state index contributed by atoms with van der Waals surface area (Å²) in [5.41, 5.74) is 2.47. The van der Waals surface area contributed by atoms with Gasteiger partial charge >= 0.3 is 0 Å². The Labute approximate surface area is 136 Å². The van der Waals surface area contributed by atoms with Gasteiger partial charge in [-0.15, -0.1) is 11.3 Å². The van der Waals surface area contributed by atoms with E-state index < -0.39 is 0 Å². The molecule has 118 valence electrons. The van der Waals surface area contributed by atoms with E-state index in [0.29, 0.717) is 5.56 Å². The lowest BCUT2D eigenvalue weighted by Gasteiger charge is -2.03. The third kappa shape index (κ3) is 3.15. The lowest BCUT2D eigenvalue weighted by atomic mass is 10.1. The molecule has 0 aliphatic rings. The summed E-state index contributed by atoms with van der Waals surface area (Å²) in [6.45, 7) is 1.92. The van der Waals surface area contributed by atoms with Crippen molar-refractivity contribution in [2.24, 2.45) is 0 Å². The highest BCUT2D eigenvalue weighted by Gasteiger charge is 2.13. The van der Waals surface area contributed by atoms with Crippen LogP contribution in [0.4, 0.5) is 5.69 Å². The topological polar surface area (TPSA) is 74.5 Å². The van der Waals surface area contributed by atoms with E-state index in [1.807, 2.05) is 18.2 Å². The van der Waals surface area contributed by atoms with Crippen molar-refractivity contribution in [2.45, 2.75) is 6.92 Å². The fourth-order valence-electron chi connectivity index (χ4n) is 2.24. The Bertz CT molecular complexity index is 876. The minimum absolute atomic E-state index is 0.116. The van der Waals surface area contributed by atoms with E-state index in [9.17, 15) is 10.1 Å². The molecule has 3 aromatic rings. The van der Waals surface area contributed by atoms with E-state index in [4.69, 9.17) is 9.47 Å². The average molecular weight is 330 g/mol. The summed E-state index contributed by atoms with van der Waals surface area (Å²) < 4.78 is 11.3. The number of nitro benzene ring substituents is 1. The Kier molecular flexibility index (Phi) is 4.22. The number of thiazole rings is 1. The molecule has 0 atom stereocenters. The highest BCUT2D eigenvalue weighted by Crippen LogP contribution is 2.34. The maximum Gasteiger partial charge on any atom is 0.272 e. The fraction of sp³-hybridized carbons (Fsp3) is 0.188. The number of hydrogen-bond acceptors (Lipinski definition) is 6. The lowest BCUT2D eigenvalue weighted by Crippen LogP contribution is -1.98. The summed E-state index contributed by atoms with van der Waals surface area (Å²) in [5.74, 6) is 0.717. The smallest absolute Gasteiger partial charge is 0.272 e. The molecule has 6 nitrogen and oxygen atoms in total. The summed E-state index contributed by atoms with van der Waals surface area (Å²) in [4.78, 5) is 15.1. The Balaban J connectivity index is 1.97. The molecule has 0 radical (unpaired) electrons. The molecule has 0 aliphatic heterocycles.